The predicted octanol–water partition coefficient (Wildman–Crippen LogP) is 1.80. The first-order chi connectivity index (χ1) is 8.36. The van der Waals surface area contributed by atoms with E-state index in [0.717, 1.165) is 36.8 Å². The Hall–Kier alpha value is -1.20. The summed E-state index contributed by atoms with van der Waals surface area (Å²) in [4.78, 5) is 12.3. The van der Waals surface area contributed by atoms with Crippen LogP contribution in [0.25, 0.3) is 10.2 Å². The van der Waals surface area contributed by atoms with Gasteiger partial charge in [-0.1, -0.05) is 0 Å². The normalized spacial score (nSPS) is 17.4. The molecule has 2 aromatic heterocycles. The quantitative estimate of drug-likeness (QED) is 0.835. The van der Waals surface area contributed by atoms with E-state index in [9.17, 15) is 0 Å². The number of thiophene rings is 1. The van der Waals surface area contributed by atoms with Gasteiger partial charge in [-0.05, 0) is 30.8 Å². The molecule has 0 spiro atoms. The molecule has 1 saturated heterocycles. The van der Waals surface area contributed by atoms with Crippen LogP contribution in [0.4, 0.5) is 5.82 Å². The average Bonchev–Trinajstić information content (AvgIpc) is 2.59. The van der Waals surface area contributed by atoms with Crippen LogP contribution in [0.5, 0.6) is 0 Å². The molecule has 3 heterocycles. The zero-order valence-electron chi connectivity index (χ0n) is 9.94. The van der Waals surface area contributed by atoms with Crippen molar-refractivity contribution in [1.82, 2.24) is 15.3 Å². The maximum absolute atomic E-state index is 4.50. The smallest absolute Gasteiger partial charge is 0.141 e. The molecule has 0 atom stereocenters. The molecule has 5 heteroatoms. The third-order valence-corrected chi connectivity index (χ3v) is 4.18. The molecule has 4 nitrogen and oxygen atoms in total. The molecule has 1 aliphatic heterocycles. The molecular weight excluding hydrogens is 232 g/mol. The van der Waals surface area contributed by atoms with Crippen LogP contribution in [0.1, 0.15) is 12.0 Å². The van der Waals surface area contributed by atoms with Crippen LogP contribution in [0, 0.1) is 6.92 Å². The van der Waals surface area contributed by atoms with Crippen LogP contribution in [-0.4, -0.2) is 36.1 Å². The standard InChI is InChI=1S/C12H16N4S/c1-9-7-17-12-10(9)11(14-8-15-12)16-5-2-3-13-4-6-16/h7-8,13H,2-6H2,1H3. The zero-order valence-corrected chi connectivity index (χ0v) is 10.8. The van der Waals surface area contributed by atoms with Crippen LogP contribution in [0.15, 0.2) is 11.7 Å². The summed E-state index contributed by atoms with van der Waals surface area (Å²) in [6.07, 6.45) is 2.86. The minimum Gasteiger partial charge on any atom is -0.355 e. The van der Waals surface area contributed by atoms with E-state index in [4.69, 9.17) is 0 Å². The lowest BCUT2D eigenvalue weighted by Gasteiger charge is -2.21. The van der Waals surface area contributed by atoms with Crippen LogP contribution in [-0.2, 0) is 0 Å². The first-order valence-corrected chi connectivity index (χ1v) is 6.88. The molecule has 1 aliphatic rings. The number of rotatable bonds is 1. The molecule has 17 heavy (non-hydrogen) atoms. The molecular formula is C12H16N4S. The Morgan fingerprint density at radius 2 is 2.24 bits per heavy atom. The highest BCUT2D eigenvalue weighted by Gasteiger charge is 2.16. The molecule has 0 radical (unpaired) electrons. The number of aromatic nitrogens is 2. The van der Waals surface area contributed by atoms with Crippen molar-refractivity contribution in [3.05, 3.63) is 17.3 Å². The van der Waals surface area contributed by atoms with E-state index in [1.54, 1.807) is 17.7 Å². The Bertz CT molecular complexity index is 514. The summed E-state index contributed by atoms with van der Waals surface area (Å²) < 4.78 is 0. The molecule has 0 saturated carbocycles. The summed E-state index contributed by atoms with van der Waals surface area (Å²) in [5, 5.41) is 6.82. The minimum absolute atomic E-state index is 1.03. The fraction of sp³-hybridized carbons (Fsp3) is 0.500. The molecule has 0 unspecified atom stereocenters. The Morgan fingerprint density at radius 3 is 3.18 bits per heavy atom. The third-order valence-electron chi connectivity index (χ3n) is 3.17. The summed E-state index contributed by atoms with van der Waals surface area (Å²) in [5.74, 6) is 1.11. The van der Waals surface area contributed by atoms with Crippen molar-refractivity contribution in [2.24, 2.45) is 0 Å². The van der Waals surface area contributed by atoms with E-state index in [-0.39, 0.29) is 0 Å². The largest absolute Gasteiger partial charge is 0.355 e. The lowest BCUT2D eigenvalue weighted by atomic mass is 10.2. The van der Waals surface area contributed by atoms with Crippen molar-refractivity contribution in [2.75, 3.05) is 31.1 Å². The average molecular weight is 248 g/mol. The highest BCUT2D eigenvalue weighted by atomic mass is 32.1. The molecule has 0 amide bonds. The van der Waals surface area contributed by atoms with Gasteiger partial charge < -0.3 is 10.2 Å². The van der Waals surface area contributed by atoms with E-state index in [0.29, 0.717) is 0 Å². The van der Waals surface area contributed by atoms with Gasteiger partial charge in [0.25, 0.3) is 0 Å². The Balaban J connectivity index is 2.06. The van der Waals surface area contributed by atoms with Gasteiger partial charge in [-0.3, -0.25) is 0 Å². The minimum atomic E-state index is 1.03. The number of hydrogen-bond donors (Lipinski definition) is 1. The Morgan fingerprint density at radius 1 is 1.29 bits per heavy atom. The second-order valence-corrected chi connectivity index (χ2v) is 5.24. The summed E-state index contributed by atoms with van der Waals surface area (Å²) in [5.41, 5.74) is 1.29. The fourth-order valence-electron chi connectivity index (χ4n) is 2.30. The number of nitrogens with zero attached hydrogens (tertiary/aromatic N) is 3. The van der Waals surface area contributed by atoms with E-state index < -0.39 is 0 Å². The summed E-state index contributed by atoms with van der Waals surface area (Å²) in [7, 11) is 0. The molecule has 1 fully saturated rings. The molecule has 2 aromatic rings. The van der Waals surface area contributed by atoms with Gasteiger partial charge in [0, 0.05) is 19.6 Å². The number of fused-ring (bicyclic) bond motifs is 1. The fourth-order valence-corrected chi connectivity index (χ4v) is 3.18. The molecule has 90 valence electrons. The van der Waals surface area contributed by atoms with Crippen molar-refractivity contribution in [3.8, 4) is 0 Å². The van der Waals surface area contributed by atoms with Crippen LogP contribution < -0.4 is 10.2 Å². The second-order valence-electron chi connectivity index (χ2n) is 4.39. The topological polar surface area (TPSA) is 41.1 Å². The van der Waals surface area contributed by atoms with Gasteiger partial charge in [0.05, 0.1) is 5.39 Å². The summed E-state index contributed by atoms with van der Waals surface area (Å²) >= 11 is 1.70. The molecule has 3 rings (SSSR count). The number of aryl methyl sites for hydroxylation is 1. The SMILES string of the molecule is Cc1csc2ncnc(N3CCCNCC3)c12. The summed E-state index contributed by atoms with van der Waals surface area (Å²) in [6, 6.07) is 0. The van der Waals surface area contributed by atoms with Gasteiger partial charge in [-0.25, -0.2) is 9.97 Å². The monoisotopic (exact) mass is 248 g/mol. The number of hydrogen-bond acceptors (Lipinski definition) is 5. The van der Waals surface area contributed by atoms with E-state index in [1.807, 2.05) is 0 Å². The first kappa shape index (κ1) is 10.9. The Labute approximate surface area is 105 Å². The highest BCUT2D eigenvalue weighted by molar-refractivity contribution is 7.17. The maximum Gasteiger partial charge on any atom is 0.141 e. The van der Waals surface area contributed by atoms with Gasteiger partial charge in [0.15, 0.2) is 0 Å². The molecule has 1 N–H and O–H groups in total. The van der Waals surface area contributed by atoms with E-state index in [2.05, 4.69) is 32.5 Å². The lowest BCUT2D eigenvalue weighted by molar-refractivity contribution is 0.724. The van der Waals surface area contributed by atoms with Gasteiger partial charge in [-0.2, -0.15) is 0 Å². The van der Waals surface area contributed by atoms with E-state index >= 15 is 0 Å². The van der Waals surface area contributed by atoms with Crippen molar-refractivity contribution >= 4 is 27.4 Å². The Kier molecular flexibility index (Phi) is 2.94. The van der Waals surface area contributed by atoms with Crippen LogP contribution in [0.2, 0.25) is 0 Å². The molecule has 0 bridgehead atoms. The van der Waals surface area contributed by atoms with E-state index in [1.165, 1.54) is 17.4 Å². The summed E-state index contributed by atoms with van der Waals surface area (Å²) in [6.45, 7) is 6.39. The van der Waals surface area contributed by atoms with Gasteiger partial charge in [-0.15, -0.1) is 11.3 Å². The highest BCUT2D eigenvalue weighted by Crippen LogP contribution is 2.30. The van der Waals surface area contributed by atoms with Crippen molar-refractivity contribution < 1.29 is 0 Å². The van der Waals surface area contributed by atoms with Gasteiger partial charge in [0.1, 0.15) is 17.0 Å². The number of nitrogens with one attached hydrogen (secondary N) is 1. The lowest BCUT2D eigenvalue weighted by Crippen LogP contribution is -2.28. The molecule has 0 aromatic carbocycles. The second kappa shape index (κ2) is 4.58. The zero-order chi connectivity index (χ0) is 11.7. The predicted molar refractivity (Wildman–Crippen MR) is 71.9 cm³/mol. The van der Waals surface area contributed by atoms with Crippen LogP contribution >= 0.6 is 11.3 Å². The van der Waals surface area contributed by atoms with Crippen molar-refractivity contribution in [2.45, 2.75) is 13.3 Å². The number of anilines is 1. The van der Waals surface area contributed by atoms with Crippen LogP contribution in [0.3, 0.4) is 0 Å². The van der Waals surface area contributed by atoms with Gasteiger partial charge in [0.2, 0.25) is 0 Å². The third kappa shape index (κ3) is 2.00. The maximum atomic E-state index is 4.50. The van der Waals surface area contributed by atoms with Crippen molar-refractivity contribution in [3.63, 3.8) is 0 Å². The first-order valence-electron chi connectivity index (χ1n) is 6.01. The van der Waals surface area contributed by atoms with Gasteiger partial charge >= 0.3 is 0 Å². The van der Waals surface area contributed by atoms with Crippen molar-refractivity contribution in [1.29, 1.82) is 0 Å². The molecule has 0 aliphatic carbocycles.